The number of fused-ring (bicyclic) bond motifs is 12. The third-order valence-electron chi connectivity index (χ3n) is 11.6. The highest BCUT2D eigenvalue weighted by Gasteiger charge is 2.20. The molecule has 0 amide bonds. The van der Waals surface area contributed by atoms with Crippen molar-refractivity contribution in [3.8, 4) is 34.4 Å². The fourth-order valence-corrected chi connectivity index (χ4v) is 8.97. The molecule has 0 aliphatic rings. The molecule has 0 atom stereocenters. The van der Waals surface area contributed by atoms with Gasteiger partial charge in [0.05, 0.1) is 22.1 Å². The van der Waals surface area contributed by atoms with Crippen molar-refractivity contribution in [1.29, 1.82) is 0 Å². The van der Waals surface area contributed by atoms with Crippen LogP contribution in [0.1, 0.15) is 0 Å². The van der Waals surface area contributed by atoms with E-state index in [1.807, 2.05) is 30.3 Å². The van der Waals surface area contributed by atoms with E-state index in [1.165, 1.54) is 10.8 Å². The summed E-state index contributed by atoms with van der Waals surface area (Å²) in [5.41, 5.74) is 10.3. The van der Waals surface area contributed by atoms with Gasteiger partial charge < -0.3 is 13.4 Å². The number of furan rings is 2. The van der Waals surface area contributed by atoms with Crippen LogP contribution in [-0.4, -0.2) is 24.1 Å². The summed E-state index contributed by atoms with van der Waals surface area (Å²) >= 11 is 0. The Hall–Kier alpha value is -8.03. The maximum Gasteiger partial charge on any atom is 0.238 e. The fourth-order valence-electron chi connectivity index (χ4n) is 8.97. The molecule has 0 N–H and O–H groups in total. The van der Waals surface area contributed by atoms with Crippen molar-refractivity contribution in [2.24, 2.45) is 0 Å². The maximum atomic E-state index is 6.69. The Balaban J connectivity index is 1.00. The lowest BCUT2D eigenvalue weighted by molar-refractivity contribution is 0.668. The first-order valence-electron chi connectivity index (χ1n) is 19.4. The second-order valence-electron chi connectivity index (χ2n) is 14.8. The molecule has 0 bridgehead atoms. The second-order valence-corrected chi connectivity index (χ2v) is 14.8. The molecule has 7 heteroatoms. The highest BCUT2D eigenvalue weighted by atomic mass is 16.3. The number of benzene rings is 8. The van der Waals surface area contributed by atoms with Gasteiger partial charge in [-0.15, -0.1) is 0 Å². The molecule has 5 heterocycles. The summed E-state index contributed by atoms with van der Waals surface area (Å²) in [5, 5.41) is 8.92. The zero-order valence-electron chi connectivity index (χ0n) is 30.8. The molecule has 0 saturated heterocycles. The Labute approximate surface area is 329 Å². The summed E-state index contributed by atoms with van der Waals surface area (Å²) in [6.45, 7) is 0. The molecule has 0 aliphatic heterocycles. The van der Waals surface area contributed by atoms with Crippen LogP contribution in [0.15, 0.2) is 185 Å². The summed E-state index contributed by atoms with van der Waals surface area (Å²) in [6, 6.07) is 60.9. The standard InChI is InChI=1S/C51H29N5O2/c1-6-16-41-33(11-1)34-12-2-7-17-42(34)55(41)32-23-26-40-39-25-22-31(28-47(39)58-48(40)29-32)50-52-49(30-21-24-38-37-15-5-10-20-45(37)57-46(38)27-30)53-51(54-50)56-43-18-8-3-13-35(43)36-14-4-9-19-44(36)56/h1-29H. The minimum Gasteiger partial charge on any atom is -0.456 e. The minimum absolute atomic E-state index is 0.530. The molecular weight excluding hydrogens is 715 g/mol. The van der Waals surface area contributed by atoms with Crippen LogP contribution in [0.25, 0.3) is 122 Å². The topological polar surface area (TPSA) is 74.8 Å². The van der Waals surface area contributed by atoms with Gasteiger partial charge in [0.1, 0.15) is 22.3 Å². The normalized spacial score (nSPS) is 12.1. The average molecular weight is 744 g/mol. The molecule has 5 aromatic heterocycles. The van der Waals surface area contributed by atoms with E-state index in [9.17, 15) is 0 Å². The quantitative estimate of drug-likeness (QED) is 0.179. The van der Waals surface area contributed by atoms with Gasteiger partial charge in [-0.2, -0.15) is 9.97 Å². The third-order valence-corrected chi connectivity index (χ3v) is 11.6. The van der Waals surface area contributed by atoms with Crippen LogP contribution in [0.2, 0.25) is 0 Å². The molecule has 0 radical (unpaired) electrons. The number of nitrogens with zero attached hydrogens (tertiary/aromatic N) is 5. The van der Waals surface area contributed by atoms with Crippen molar-refractivity contribution >= 4 is 87.5 Å². The minimum atomic E-state index is 0.530. The molecule has 0 saturated carbocycles. The van der Waals surface area contributed by atoms with E-state index in [0.717, 1.165) is 93.5 Å². The van der Waals surface area contributed by atoms with E-state index in [1.54, 1.807) is 0 Å². The number of aromatic nitrogens is 5. The fraction of sp³-hybridized carbons (Fsp3) is 0. The van der Waals surface area contributed by atoms with Gasteiger partial charge in [0, 0.05) is 66.0 Å². The number of rotatable bonds is 4. The molecule has 58 heavy (non-hydrogen) atoms. The zero-order valence-corrected chi connectivity index (χ0v) is 30.8. The summed E-state index contributed by atoms with van der Waals surface area (Å²) in [5.74, 6) is 1.62. The van der Waals surface area contributed by atoms with Crippen LogP contribution in [-0.2, 0) is 0 Å². The Morgan fingerprint density at radius 3 is 1.24 bits per heavy atom. The monoisotopic (exact) mass is 743 g/mol. The van der Waals surface area contributed by atoms with Gasteiger partial charge in [-0.1, -0.05) is 103 Å². The van der Waals surface area contributed by atoms with Gasteiger partial charge in [-0.25, -0.2) is 4.98 Å². The van der Waals surface area contributed by atoms with E-state index >= 15 is 0 Å². The van der Waals surface area contributed by atoms with E-state index in [0.29, 0.717) is 17.6 Å². The van der Waals surface area contributed by atoms with E-state index in [-0.39, 0.29) is 0 Å². The third kappa shape index (κ3) is 4.46. The molecule has 7 nitrogen and oxygen atoms in total. The summed E-state index contributed by atoms with van der Waals surface area (Å²) in [6.07, 6.45) is 0. The molecule has 0 aliphatic carbocycles. The first-order chi connectivity index (χ1) is 28.7. The molecule has 13 rings (SSSR count). The van der Waals surface area contributed by atoms with Gasteiger partial charge in [0.25, 0.3) is 0 Å². The zero-order chi connectivity index (χ0) is 37.9. The van der Waals surface area contributed by atoms with Crippen LogP contribution in [0.4, 0.5) is 0 Å². The highest BCUT2D eigenvalue weighted by molar-refractivity contribution is 6.11. The molecule has 0 fully saturated rings. The van der Waals surface area contributed by atoms with Crippen LogP contribution in [0.5, 0.6) is 0 Å². The van der Waals surface area contributed by atoms with Crippen molar-refractivity contribution in [2.45, 2.75) is 0 Å². The van der Waals surface area contributed by atoms with Crippen molar-refractivity contribution in [2.75, 3.05) is 0 Å². The molecule has 270 valence electrons. The maximum absolute atomic E-state index is 6.69. The van der Waals surface area contributed by atoms with Crippen LogP contribution >= 0.6 is 0 Å². The molecule has 13 aromatic rings. The second kappa shape index (κ2) is 11.7. The Morgan fingerprint density at radius 2 is 0.707 bits per heavy atom. The summed E-state index contributed by atoms with van der Waals surface area (Å²) in [4.78, 5) is 15.5. The SMILES string of the molecule is c1ccc2c(c1)oc1cc(-c3nc(-c4ccc5c(c4)oc4cc(-n6c7ccccc7c7ccccc76)ccc45)nc(-n4c5ccccc5c5ccccc54)n3)ccc12. The van der Waals surface area contributed by atoms with Gasteiger partial charge >= 0.3 is 0 Å². The average Bonchev–Trinajstić information content (AvgIpc) is 4.03. The molecule has 0 unspecified atom stereocenters. The molecule has 8 aromatic carbocycles. The van der Waals surface area contributed by atoms with Crippen molar-refractivity contribution in [1.82, 2.24) is 24.1 Å². The van der Waals surface area contributed by atoms with E-state index in [4.69, 9.17) is 23.8 Å². The van der Waals surface area contributed by atoms with Crippen molar-refractivity contribution in [3.63, 3.8) is 0 Å². The summed E-state index contributed by atoms with van der Waals surface area (Å²) in [7, 11) is 0. The largest absolute Gasteiger partial charge is 0.456 e. The smallest absolute Gasteiger partial charge is 0.238 e. The summed E-state index contributed by atoms with van der Waals surface area (Å²) < 4.78 is 17.4. The first kappa shape index (κ1) is 31.2. The number of para-hydroxylation sites is 5. The predicted molar refractivity (Wildman–Crippen MR) is 234 cm³/mol. The lowest BCUT2D eigenvalue weighted by atomic mass is 10.1. The number of hydrogen-bond acceptors (Lipinski definition) is 5. The van der Waals surface area contributed by atoms with Gasteiger partial charge in [-0.3, -0.25) is 4.57 Å². The molecular formula is C51H29N5O2. The first-order valence-corrected chi connectivity index (χ1v) is 19.4. The lowest BCUT2D eigenvalue weighted by Crippen LogP contribution is -2.06. The van der Waals surface area contributed by atoms with Crippen LogP contribution in [0.3, 0.4) is 0 Å². The van der Waals surface area contributed by atoms with E-state index in [2.05, 4.69) is 155 Å². The van der Waals surface area contributed by atoms with E-state index < -0.39 is 0 Å². The Morgan fingerprint density at radius 1 is 0.310 bits per heavy atom. The van der Waals surface area contributed by atoms with Gasteiger partial charge in [0.2, 0.25) is 5.95 Å². The molecule has 0 spiro atoms. The van der Waals surface area contributed by atoms with Crippen molar-refractivity contribution < 1.29 is 8.83 Å². The van der Waals surface area contributed by atoms with Crippen LogP contribution < -0.4 is 0 Å². The highest BCUT2D eigenvalue weighted by Crippen LogP contribution is 2.38. The van der Waals surface area contributed by atoms with Crippen molar-refractivity contribution in [3.05, 3.63) is 176 Å². The van der Waals surface area contributed by atoms with Crippen LogP contribution in [0, 0.1) is 0 Å². The van der Waals surface area contributed by atoms with Gasteiger partial charge in [-0.05, 0) is 66.7 Å². The Kier molecular flexibility index (Phi) is 6.32. The number of hydrogen-bond donors (Lipinski definition) is 0. The Bertz CT molecular complexity index is 3720. The lowest BCUT2D eigenvalue weighted by Gasteiger charge is -2.11. The predicted octanol–water partition coefficient (Wildman–Crippen LogP) is 13.2. The van der Waals surface area contributed by atoms with Gasteiger partial charge in [0.15, 0.2) is 11.6 Å².